The SMILES string of the molecule is Cc1cccc2c(CC(C=NC3CCN(C(=O)C45COC(C4)C5)CC3)=CN)ccc(N(C=O)C3CCC(=O)NC3=O)c12. The van der Waals surface area contributed by atoms with Crippen LogP contribution in [0, 0.1) is 12.3 Å². The molecule has 7 rings (SSSR count). The first-order valence-electron chi connectivity index (χ1n) is 14.8. The zero-order valence-corrected chi connectivity index (χ0v) is 23.9. The molecule has 5 aliphatic rings. The predicted octanol–water partition coefficient (Wildman–Crippen LogP) is 2.54. The van der Waals surface area contributed by atoms with E-state index in [1.807, 2.05) is 48.4 Å². The number of hydrogen-bond donors (Lipinski definition) is 2. The van der Waals surface area contributed by atoms with Gasteiger partial charge in [-0.3, -0.25) is 29.5 Å². The van der Waals surface area contributed by atoms with Crippen LogP contribution < -0.4 is 16.0 Å². The Bertz CT molecular complexity index is 1480. The Morgan fingerprint density at radius 2 is 1.98 bits per heavy atom. The number of piperidine rings is 2. The molecule has 10 heteroatoms. The van der Waals surface area contributed by atoms with Crippen molar-refractivity contribution in [2.45, 2.75) is 70.1 Å². The number of carbonyl (C=O) groups excluding carboxylic acids is 4. The van der Waals surface area contributed by atoms with Gasteiger partial charge in [-0.1, -0.05) is 24.3 Å². The monoisotopic (exact) mass is 571 g/mol. The zero-order valence-electron chi connectivity index (χ0n) is 23.9. The second kappa shape index (κ2) is 11.3. The van der Waals surface area contributed by atoms with Gasteiger partial charge in [-0.15, -0.1) is 0 Å². The fourth-order valence-corrected chi connectivity index (χ4v) is 6.93. The molecule has 3 N–H and O–H groups in total. The Balaban J connectivity index is 1.16. The maximum absolute atomic E-state index is 13.0. The first-order chi connectivity index (χ1) is 20.3. The van der Waals surface area contributed by atoms with E-state index >= 15 is 0 Å². The third kappa shape index (κ3) is 5.08. The molecule has 4 aliphatic heterocycles. The molecule has 1 aliphatic carbocycles. The van der Waals surface area contributed by atoms with Crippen LogP contribution in [0.3, 0.4) is 0 Å². The third-order valence-corrected chi connectivity index (χ3v) is 9.35. The van der Waals surface area contributed by atoms with Crippen LogP contribution in [0.5, 0.6) is 0 Å². The van der Waals surface area contributed by atoms with E-state index in [1.54, 1.807) is 6.20 Å². The van der Waals surface area contributed by atoms with Crippen LogP contribution in [0.15, 0.2) is 47.1 Å². The molecule has 2 bridgehead atoms. The first kappa shape index (κ1) is 28.1. The van der Waals surface area contributed by atoms with Crippen molar-refractivity contribution < 1.29 is 23.9 Å². The van der Waals surface area contributed by atoms with Crippen LogP contribution in [-0.2, 0) is 30.3 Å². The summed E-state index contributed by atoms with van der Waals surface area (Å²) in [5.41, 5.74) is 9.26. The Morgan fingerprint density at radius 3 is 2.64 bits per heavy atom. The number of amides is 4. The molecular weight excluding hydrogens is 534 g/mol. The minimum Gasteiger partial charge on any atom is -0.404 e. The number of likely N-dealkylation sites (tertiary alicyclic amines) is 1. The Labute approximate surface area is 244 Å². The average Bonchev–Trinajstić information content (AvgIpc) is 3.60. The number of nitrogens with two attached hydrogens (primary N) is 1. The standard InChI is InChI=1S/C32H37N5O5/c1-20-3-2-4-25-22(5-6-26(29(20)25)37(19-38)27-7-8-28(39)35-30(27)40)13-21(16-33)17-34-23-9-11-36(12-10-23)31(41)32-14-24(15-32)42-18-32/h2-6,16-17,19,23-24,27H,7-15,18,33H2,1H3,(H,35,39,40). The summed E-state index contributed by atoms with van der Waals surface area (Å²) in [5, 5.41) is 4.18. The van der Waals surface area contributed by atoms with Crippen molar-refractivity contribution in [1.82, 2.24) is 10.2 Å². The highest BCUT2D eigenvalue weighted by atomic mass is 16.5. The van der Waals surface area contributed by atoms with Crippen molar-refractivity contribution in [2.24, 2.45) is 16.1 Å². The highest BCUT2D eigenvalue weighted by molar-refractivity contribution is 6.08. The number of aliphatic imine (C=N–C) groups is 1. The van der Waals surface area contributed by atoms with Crippen LogP contribution in [0.1, 0.15) is 49.7 Å². The van der Waals surface area contributed by atoms with E-state index in [-0.39, 0.29) is 42.2 Å². The summed E-state index contributed by atoms with van der Waals surface area (Å²) in [4.78, 5) is 57.8. The Kier molecular flexibility index (Phi) is 7.57. The van der Waals surface area contributed by atoms with Crippen LogP contribution in [0.4, 0.5) is 5.69 Å². The number of aryl methyl sites for hydroxylation is 1. The molecule has 1 atom stereocenters. The van der Waals surface area contributed by atoms with Crippen LogP contribution in [0.2, 0.25) is 0 Å². The number of benzene rings is 2. The van der Waals surface area contributed by atoms with E-state index in [2.05, 4.69) is 5.32 Å². The maximum atomic E-state index is 13.0. The molecule has 2 aromatic rings. The second-order valence-electron chi connectivity index (χ2n) is 12.1. The summed E-state index contributed by atoms with van der Waals surface area (Å²) in [6, 6.07) is 9.15. The molecule has 4 saturated heterocycles. The van der Waals surface area contributed by atoms with E-state index in [9.17, 15) is 19.2 Å². The smallest absolute Gasteiger partial charge is 0.249 e. The maximum Gasteiger partial charge on any atom is 0.249 e. The molecule has 0 spiro atoms. The highest BCUT2D eigenvalue weighted by Crippen LogP contribution is 2.51. The number of carbonyl (C=O) groups is 4. The molecule has 220 valence electrons. The van der Waals surface area contributed by atoms with E-state index in [1.165, 1.54) is 4.90 Å². The van der Waals surface area contributed by atoms with Gasteiger partial charge in [-0.05, 0) is 73.4 Å². The number of rotatable bonds is 8. The normalized spacial score (nSPS) is 26.4. The van der Waals surface area contributed by atoms with Crippen molar-refractivity contribution in [3.8, 4) is 0 Å². The predicted molar refractivity (Wildman–Crippen MR) is 159 cm³/mol. The van der Waals surface area contributed by atoms with E-state index in [4.69, 9.17) is 15.5 Å². The Morgan fingerprint density at radius 1 is 1.19 bits per heavy atom. The number of ether oxygens (including phenoxy) is 1. The first-order valence-corrected chi connectivity index (χ1v) is 14.8. The van der Waals surface area contributed by atoms with Gasteiger partial charge in [0, 0.05) is 37.5 Å². The summed E-state index contributed by atoms with van der Waals surface area (Å²) in [6.45, 7) is 3.96. The number of fused-ring (bicyclic) bond motifs is 2. The van der Waals surface area contributed by atoms with Gasteiger partial charge in [0.05, 0.1) is 29.9 Å². The zero-order chi connectivity index (χ0) is 29.4. The number of anilines is 1. The van der Waals surface area contributed by atoms with Gasteiger partial charge >= 0.3 is 0 Å². The largest absolute Gasteiger partial charge is 0.404 e. The summed E-state index contributed by atoms with van der Waals surface area (Å²) in [7, 11) is 0. The van der Waals surface area contributed by atoms with E-state index in [0.717, 1.165) is 53.2 Å². The van der Waals surface area contributed by atoms with Gasteiger partial charge in [-0.25, -0.2) is 0 Å². The molecule has 1 saturated carbocycles. The van der Waals surface area contributed by atoms with Crippen LogP contribution in [0.25, 0.3) is 10.8 Å². The summed E-state index contributed by atoms with van der Waals surface area (Å²) in [6.07, 6.45) is 8.75. The van der Waals surface area contributed by atoms with Crippen molar-refractivity contribution in [3.05, 3.63) is 53.2 Å². The molecule has 0 aromatic heterocycles. The van der Waals surface area contributed by atoms with Gasteiger partial charge in [0.15, 0.2) is 0 Å². The minimum atomic E-state index is -0.751. The lowest BCUT2D eigenvalue weighted by molar-refractivity contribution is -0.145. The van der Waals surface area contributed by atoms with Gasteiger partial charge in [0.25, 0.3) is 0 Å². The second-order valence-corrected chi connectivity index (χ2v) is 12.1. The third-order valence-electron chi connectivity index (χ3n) is 9.35. The molecule has 5 fully saturated rings. The van der Waals surface area contributed by atoms with E-state index < -0.39 is 11.9 Å². The summed E-state index contributed by atoms with van der Waals surface area (Å²) < 4.78 is 5.65. The van der Waals surface area contributed by atoms with Crippen molar-refractivity contribution >= 4 is 46.8 Å². The van der Waals surface area contributed by atoms with E-state index in [0.29, 0.717) is 38.2 Å². The van der Waals surface area contributed by atoms with Gasteiger partial charge < -0.3 is 20.3 Å². The molecule has 2 aromatic carbocycles. The highest BCUT2D eigenvalue weighted by Gasteiger charge is 2.58. The number of nitrogens with zero attached hydrogens (tertiary/aromatic N) is 3. The Hall–Kier alpha value is -4.05. The quantitative estimate of drug-likeness (QED) is 0.284. The molecule has 42 heavy (non-hydrogen) atoms. The minimum absolute atomic E-state index is 0.131. The topological polar surface area (TPSA) is 134 Å². The lowest BCUT2D eigenvalue weighted by atomic mass is 9.69. The average molecular weight is 572 g/mol. The lowest BCUT2D eigenvalue weighted by Crippen LogP contribution is -2.52. The molecule has 4 heterocycles. The molecule has 4 amide bonds. The summed E-state index contributed by atoms with van der Waals surface area (Å²) in [5.74, 6) is -0.541. The fraction of sp³-hybridized carbons (Fsp3) is 0.469. The number of imide groups is 1. The summed E-state index contributed by atoms with van der Waals surface area (Å²) >= 11 is 0. The van der Waals surface area contributed by atoms with Crippen molar-refractivity contribution in [2.75, 3.05) is 24.6 Å². The number of nitrogens with one attached hydrogen (secondary N) is 1. The van der Waals surface area contributed by atoms with Gasteiger partial charge in [0.1, 0.15) is 6.04 Å². The molecular formula is C32H37N5O5. The molecule has 10 nitrogen and oxygen atoms in total. The van der Waals surface area contributed by atoms with Crippen LogP contribution >= 0.6 is 0 Å². The van der Waals surface area contributed by atoms with Crippen molar-refractivity contribution in [1.29, 1.82) is 0 Å². The van der Waals surface area contributed by atoms with Gasteiger partial charge in [0.2, 0.25) is 24.1 Å². The molecule has 1 unspecified atom stereocenters. The lowest BCUT2D eigenvalue weighted by Gasteiger charge is -2.40. The number of hydrogen-bond acceptors (Lipinski definition) is 7. The molecule has 0 radical (unpaired) electrons. The van der Waals surface area contributed by atoms with Crippen molar-refractivity contribution in [3.63, 3.8) is 0 Å². The number of allylic oxidation sites excluding steroid dienone is 1. The van der Waals surface area contributed by atoms with Gasteiger partial charge in [-0.2, -0.15) is 0 Å². The fourth-order valence-electron chi connectivity index (χ4n) is 6.93. The van der Waals surface area contributed by atoms with Crippen LogP contribution in [-0.4, -0.2) is 73.1 Å².